The molecule has 0 spiro atoms. The van der Waals surface area contributed by atoms with Gasteiger partial charge in [0, 0.05) is 19.8 Å². The minimum atomic E-state index is 0.766. The van der Waals surface area contributed by atoms with Crippen LogP contribution in [0, 0.1) is 0 Å². The largest absolute Gasteiger partial charge is 0.365 e. The second-order valence-electron chi connectivity index (χ2n) is 4.23. The van der Waals surface area contributed by atoms with E-state index in [1.54, 1.807) is 6.33 Å². The van der Waals surface area contributed by atoms with Gasteiger partial charge in [-0.1, -0.05) is 30.3 Å². The number of rotatable bonds is 3. The molecule has 0 aliphatic rings. The molecule has 0 saturated carbocycles. The highest BCUT2D eigenvalue weighted by atomic mass is 15.1. The zero-order valence-corrected chi connectivity index (χ0v) is 10.2. The normalized spacial score (nSPS) is 10.7. The van der Waals surface area contributed by atoms with Crippen molar-refractivity contribution >= 4 is 16.9 Å². The number of nitrogens with one attached hydrogen (secondary N) is 1. The lowest BCUT2D eigenvalue weighted by Crippen LogP contribution is -2.02. The van der Waals surface area contributed by atoms with Gasteiger partial charge in [-0.25, -0.2) is 9.97 Å². The van der Waals surface area contributed by atoms with Gasteiger partial charge in [0.2, 0.25) is 0 Å². The van der Waals surface area contributed by atoms with E-state index in [2.05, 4.69) is 27.4 Å². The zero-order chi connectivity index (χ0) is 12.4. The van der Waals surface area contributed by atoms with Crippen molar-refractivity contribution in [2.75, 3.05) is 5.32 Å². The van der Waals surface area contributed by atoms with Crippen LogP contribution in [0.2, 0.25) is 0 Å². The Hall–Kier alpha value is -2.36. The molecule has 0 aliphatic carbocycles. The first-order valence-corrected chi connectivity index (χ1v) is 5.88. The lowest BCUT2D eigenvalue weighted by atomic mass is 10.2. The Kier molecular flexibility index (Phi) is 2.68. The van der Waals surface area contributed by atoms with Crippen molar-refractivity contribution in [3.63, 3.8) is 0 Å². The van der Waals surface area contributed by atoms with Crippen molar-refractivity contribution in [2.24, 2.45) is 7.05 Å². The number of anilines is 1. The average Bonchev–Trinajstić information content (AvgIpc) is 2.80. The Morgan fingerprint density at radius 1 is 1.11 bits per heavy atom. The van der Waals surface area contributed by atoms with Crippen LogP contribution in [0.4, 0.5) is 5.82 Å². The van der Waals surface area contributed by atoms with Crippen LogP contribution in [0.5, 0.6) is 0 Å². The van der Waals surface area contributed by atoms with E-state index in [1.807, 2.05) is 42.1 Å². The summed E-state index contributed by atoms with van der Waals surface area (Å²) in [6, 6.07) is 12.3. The van der Waals surface area contributed by atoms with Crippen molar-refractivity contribution in [3.8, 4) is 0 Å². The summed E-state index contributed by atoms with van der Waals surface area (Å²) < 4.78 is 1.99. The summed E-state index contributed by atoms with van der Waals surface area (Å²) in [5.41, 5.74) is 2.18. The van der Waals surface area contributed by atoms with Gasteiger partial charge in [-0.2, -0.15) is 0 Å². The number of aryl methyl sites for hydroxylation is 1. The molecule has 90 valence electrons. The van der Waals surface area contributed by atoms with Gasteiger partial charge in [-0.3, -0.25) is 0 Å². The van der Waals surface area contributed by atoms with E-state index >= 15 is 0 Å². The molecule has 3 rings (SSSR count). The number of hydrogen-bond acceptors (Lipinski definition) is 3. The SMILES string of the molecule is Cn1ccc2c(NCc3ccccc3)ncnc21. The second kappa shape index (κ2) is 4.49. The molecular formula is C14H14N4. The zero-order valence-electron chi connectivity index (χ0n) is 10.2. The van der Waals surface area contributed by atoms with Crippen LogP contribution in [0.25, 0.3) is 11.0 Å². The summed E-state index contributed by atoms with van der Waals surface area (Å²) in [5, 5.41) is 4.40. The minimum absolute atomic E-state index is 0.766. The fraction of sp³-hybridized carbons (Fsp3) is 0.143. The Labute approximate surface area is 105 Å². The summed E-state index contributed by atoms with van der Waals surface area (Å²) >= 11 is 0. The molecular weight excluding hydrogens is 224 g/mol. The Bertz CT molecular complexity index is 658. The second-order valence-corrected chi connectivity index (χ2v) is 4.23. The molecule has 0 amide bonds. The summed E-state index contributed by atoms with van der Waals surface area (Å²) in [6.07, 6.45) is 3.59. The lowest BCUT2D eigenvalue weighted by Gasteiger charge is -2.06. The van der Waals surface area contributed by atoms with Gasteiger partial charge in [0.05, 0.1) is 5.39 Å². The molecule has 1 aromatic carbocycles. The fourth-order valence-electron chi connectivity index (χ4n) is 2.00. The Balaban J connectivity index is 1.87. The van der Waals surface area contributed by atoms with Crippen LogP contribution in [-0.4, -0.2) is 14.5 Å². The van der Waals surface area contributed by atoms with Crippen molar-refractivity contribution < 1.29 is 0 Å². The molecule has 1 N–H and O–H groups in total. The van der Waals surface area contributed by atoms with Crippen LogP contribution in [0.15, 0.2) is 48.9 Å². The first-order chi connectivity index (χ1) is 8.84. The topological polar surface area (TPSA) is 42.7 Å². The molecule has 18 heavy (non-hydrogen) atoms. The number of benzene rings is 1. The van der Waals surface area contributed by atoms with Gasteiger partial charge in [0.25, 0.3) is 0 Å². The van der Waals surface area contributed by atoms with Gasteiger partial charge in [0.1, 0.15) is 17.8 Å². The molecule has 3 aromatic rings. The number of aromatic nitrogens is 3. The first-order valence-electron chi connectivity index (χ1n) is 5.88. The van der Waals surface area contributed by atoms with Crippen molar-refractivity contribution in [1.82, 2.24) is 14.5 Å². The van der Waals surface area contributed by atoms with Crippen molar-refractivity contribution in [3.05, 3.63) is 54.5 Å². The van der Waals surface area contributed by atoms with Gasteiger partial charge >= 0.3 is 0 Å². The summed E-state index contributed by atoms with van der Waals surface area (Å²) in [6.45, 7) is 0.766. The molecule has 0 unspecified atom stereocenters. The first kappa shape index (κ1) is 10.8. The van der Waals surface area contributed by atoms with E-state index in [0.29, 0.717) is 0 Å². The van der Waals surface area contributed by atoms with E-state index in [0.717, 1.165) is 23.4 Å². The molecule has 2 aromatic heterocycles. The standard InChI is InChI=1S/C14H14N4/c1-18-8-7-12-13(16-10-17-14(12)18)15-9-11-5-3-2-4-6-11/h2-8,10H,9H2,1H3,(H,15,16,17). The van der Waals surface area contributed by atoms with Gasteiger partial charge in [0.15, 0.2) is 0 Å². The van der Waals surface area contributed by atoms with Crippen LogP contribution < -0.4 is 5.32 Å². The maximum absolute atomic E-state index is 4.30. The summed E-state index contributed by atoms with van der Waals surface area (Å²) in [7, 11) is 1.98. The average molecular weight is 238 g/mol. The van der Waals surface area contributed by atoms with Crippen LogP contribution >= 0.6 is 0 Å². The van der Waals surface area contributed by atoms with Crippen molar-refractivity contribution in [2.45, 2.75) is 6.54 Å². The fourth-order valence-corrected chi connectivity index (χ4v) is 2.00. The Morgan fingerprint density at radius 3 is 2.78 bits per heavy atom. The molecule has 0 aliphatic heterocycles. The molecule has 0 radical (unpaired) electrons. The van der Waals surface area contributed by atoms with Gasteiger partial charge in [-0.15, -0.1) is 0 Å². The molecule has 4 heteroatoms. The number of nitrogens with zero attached hydrogens (tertiary/aromatic N) is 3. The minimum Gasteiger partial charge on any atom is -0.365 e. The smallest absolute Gasteiger partial charge is 0.145 e. The van der Waals surface area contributed by atoms with E-state index in [9.17, 15) is 0 Å². The predicted octanol–water partition coefficient (Wildman–Crippen LogP) is 2.58. The number of fused-ring (bicyclic) bond motifs is 1. The monoisotopic (exact) mass is 238 g/mol. The number of hydrogen-bond donors (Lipinski definition) is 1. The van der Waals surface area contributed by atoms with Gasteiger partial charge in [-0.05, 0) is 11.6 Å². The lowest BCUT2D eigenvalue weighted by molar-refractivity contribution is 0.943. The molecule has 0 saturated heterocycles. The van der Waals surface area contributed by atoms with E-state index in [4.69, 9.17) is 0 Å². The maximum Gasteiger partial charge on any atom is 0.145 e. The highest BCUT2D eigenvalue weighted by Gasteiger charge is 2.05. The summed E-state index contributed by atoms with van der Waals surface area (Å²) in [4.78, 5) is 8.57. The van der Waals surface area contributed by atoms with Gasteiger partial charge < -0.3 is 9.88 Å². The van der Waals surface area contributed by atoms with Crippen molar-refractivity contribution in [1.29, 1.82) is 0 Å². The van der Waals surface area contributed by atoms with Crippen LogP contribution in [0.1, 0.15) is 5.56 Å². The van der Waals surface area contributed by atoms with Crippen LogP contribution in [0.3, 0.4) is 0 Å². The highest BCUT2D eigenvalue weighted by molar-refractivity contribution is 5.87. The van der Waals surface area contributed by atoms with E-state index < -0.39 is 0 Å². The third-order valence-electron chi connectivity index (χ3n) is 2.96. The summed E-state index contributed by atoms with van der Waals surface area (Å²) in [5.74, 6) is 0.879. The van der Waals surface area contributed by atoms with E-state index in [-0.39, 0.29) is 0 Å². The van der Waals surface area contributed by atoms with Crippen LogP contribution in [-0.2, 0) is 13.6 Å². The molecule has 0 atom stereocenters. The maximum atomic E-state index is 4.30. The van der Waals surface area contributed by atoms with E-state index in [1.165, 1.54) is 5.56 Å². The molecule has 0 bridgehead atoms. The quantitative estimate of drug-likeness (QED) is 0.762. The third-order valence-corrected chi connectivity index (χ3v) is 2.96. The predicted molar refractivity (Wildman–Crippen MR) is 72.3 cm³/mol. The molecule has 4 nitrogen and oxygen atoms in total. The Morgan fingerprint density at radius 2 is 1.94 bits per heavy atom. The highest BCUT2D eigenvalue weighted by Crippen LogP contribution is 2.19. The molecule has 2 heterocycles. The molecule has 0 fully saturated rings. The third kappa shape index (κ3) is 1.93.